The second-order valence-electron chi connectivity index (χ2n) is 3.13. The molecular formula is C9H12N4O3. The lowest BCUT2D eigenvalue weighted by Gasteiger charge is -2.21. The van der Waals surface area contributed by atoms with Crippen LogP contribution in [0.4, 0.5) is 10.7 Å². The molecule has 1 aromatic heterocycles. The van der Waals surface area contributed by atoms with Crippen molar-refractivity contribution in [2.75, 3.05) is 12.4 Å². The van der Waals surface area contributed by atoms with Gasteiger partial charge in [-0.3, -0.25) is 5.32 Å². The van der Waals surface area contributed by atoms with E-state index in [0.29, 0.717) is 0 Å². The smallest absolute Gasteiger partial charge is 0.326 e. The largest absolute Gasteiger partial charge is 0.480 e. The van der Waals surface area contributed by atoms with Crippen molar-refractivity contribution in [1.29, 1.82) is 0 Å². The second-order valence-corrected chi connectivity index (χ2v) is 3.13. The first-order valence-corrected chi connectivity index (χ1v) is 4.56. The van der Waals surface area contributed by atoms with Crippen LogP contribution in [0.25, 0.3) is 0 Å². The number of hydrogen-bond acceptors (Lipinski definition) is 4. The highest BCUT2D eigenvalue weighted by atomic mass is 16.4. The Labute approximate surface area is 92.1 Å². The molecule has 1 heterocycles. The van der Waals surface area contributed by atoms with Crippen molar-refractivity contribution in [3.63, 3.8) is 0 Å². The molecule has 0 aliphatic rings. The average molecular weight is 224 g/mol. The summed E-state index contributed by atoms with van der Waals surface area (Å²) in [5.74, 6) is -0.941. The number of aliphatic carboxylic acids is 1. The van der Waals surface area contributed by atoms with Crippen LogP contribution in [0.3, 0.4) is 0 Å². The summed E-state index contributed by atoms with van der Waals surface area (Å²) in [4.78, 5) is 30.8. The molecule has 0 aromatic carbocycles. The quantitative estimate of drug-likeness (QED) is 0.775. The van der Waals surface area contributed by atoms with Gasteiger partial charge in [-0.05, 0) is 13.0 Å². The molecule has 7 nitrogen and oxygen atoms in total. The van der Waals surface area contributed by atoms with Crippen LogP contribution in [0.2, 0.25) is 0 Å². The highest BCUT2D eigenvalue weighted by Crippen LogP contribution is 2.01. The number of nitrogens with one attached hydrogen (secondary N) is 1. The van der Waals surface area contributed by atoms with Crippen molar-refractivity contribution in [3.05, 3.63) is 18.5 Å². The van der Waals surface area contributed by atoms with Crippen molar-refractivity contribution < 1.29 is 14.7 Å². The van der Waals surface area contributed by atoms with Crippen molar-refractivity contribution in [1.82, 2.24) is 14.9 Å². The third kappa shape index (κ3) is 2.91. The van der Waals surface area contributed by atoms with Gasteiger partial charge < -0.3 is 10.0 Å². The van der Waals surface area contributed by atoms with Gasteiger partial charge in [0.15, 0.2) is 0 Å². The third-order valence-corrected chi connectivity index (χ3v) is 2.04. The van der Waals surface area contributed by atoms with Crippen molar-refractivity contribution >= 4 is 17.9 Å². The lowest BCUT2D eigenvalue weighted by atomic mass is 10.3. The highest BCUT2D eigenvalue weighted by Gasteiger charge is 2.21. The SMILES string of the molecule is CC(C(=O)O)N(C)C(=O)Nc1ncccn1. The lowest BCUT2D eigenvalue weighted by molar-refractivity contribution is -0.141. The van der Waals surface area contributed by atoms with Crippen molar-refractivity contribution in [2.24, 2.45) is 0 Å². The maximum Gasteiger partial charge on any atom is 0.326 e. The first kappa shape index (κ1) is 11.9. The number of aromatic nitrogens is 2. The number of rotatable bonds is 3. The van der Waals surface area contributed by atoms with E-state index in [1.54, 1.807) is 6.07 Å². The normalized spacial score (nSPS) is 11.6. The van der Waals surface area contributed by atoms with E-state index in [2.05, 4.69) is 15.3 Å². The number of carbonyl (C=O) groups is 2. The monoisotopic (exact) mass is 224 g/mol. The van der Waals surface area contributed by atoms with Crippen molar-refractivity contribution in [2.45, 2.75) is 13.0 Å². The van der Waals surface area contributed by atoms with E-state index in [0.717, 1.165) is 4.90 Å². The molecular weight excluding hydrogens is 212 g/mol. The van der Waals surface area contributed by atoms with Crippen LogP contribution in [0, 0.1) is 0 Å². The number of carboxylic acids is 1. The van der Waals surface area contributed by atoms with Crippen LogP contribution in [-0.4, -0.2) is 45.1 Å². The minimum absolute atomic E-state index is 0.136. The van der Waals surface area contributed by atoms with Crippen LogP contribution in [0.15, 0.2) is 18.5 Å². The zero-order valence-electron chi connectivity index (χ0n) is 8.91. The van der Waals surface area contributed by atoms with Gasteiger partial charge in [-0.2, -0.15) is 0 Å². The number of likely N-dealkylation sites (N-methyl/N-ethyl adjacent to an activating group) is 1. The molecule has 0 bridgehead atoms. The van der Waals surface area contributed by atoms with E-state index in [-0.39, 0.29) is 5.95 Å². The van der Waals surface area contributed by atoms with Gasteiger partial charge in [0.2, 0.25) is 5.95 Å². The predicted molar refractivity (Wildman–Crippen MR) is 55.9 cm³/mol. The van der Waals surface area contributed by atoms with Gasteiger partial charge in [-0.15, -0.1) is 0 Å². The first-order valence-electron chi connectivity index (χ1n) is 4.56. The fourth-order valence-electron chi connectivity index (χ4n) is 0.889. The van der Waals surface area contributed by atoms with Crippen LogP contribution >= 0.6 is 0 Å². The molecule has 86 valence electrons. The Morgan fingerprint density at radius 3 is 2.50 bits per heavy atom. The molecule has 2 amide bonds. The molecule has 0 saturated heterocycles. The van der Waals surface area contributed by atoms with Gasteiger partial charge in [0.05, 0.1) is 0 Å². The standard InChI is InChI=1S/C9H12N4O3/c1-6(7(14)15)13(2)9(16)12-8-10-4-3-5-11-8/h3-6H,1-2H3,(H,14,15)(H,10,11,12,16). The molecule has 1 unspecified atom stereocenters. The zero-order valence-corrected chi connectivity index (χ0v) is 8.91. The lowest BCUT2D eigenvalue weighted by Crippen LogP contribution is -2.42. The van der Waals surface area contributed by atoms with Crippen LogP contribution in [0.5, 0.6) is 0 Å². The maximum atomic E-state index is 11.5. The summed E-state index contributed by atoms with van der Waals surface area (Å²) < 4.78 is 0. The number of carboxylic acid groups (broad SMARTS) is 1. The van der Waals surface area contributed by atoms with Crippen LogP contribution < -0.4 is 5.32 Å². The number of carbonyl (C=O) groups excluding carboxylic acids is 1. The minimum Gasteiger partial charge on any atom is -0.480 e. The summed E-state index contributed by atoms with van der Waals surface area (Å²) in [5, 5.41) is 11.1. The molecule has 2 N–H and O–H groups in total. The molecule has 0 aliphatic carbocycles. The fourth-order valence-corrected chi connectivity index (χ4v) is 0.889. The average Bonchev–Trinajstić information content (AvgIpc) is 2.28. The Kier molecular flexibility index (Phi) is 3.76. The fraction of sp³-hybridized carbons (Fsp3) is 0.333. The molecule has 16 heavy (non-hydrogen) atoms. The minimum atomic E-state index is -1.08. The zero-order chi connectivity index (χ0) is 12.1. The number of hydrogen-bond donors (Lipinski definition) is 2. The molecule has 7 heteroatoms. The molecule has 0 aliphatic heterocycles. The molecule has 0 saturated carbocycles. The summed E-state index contributed by atoms with van der Waals surface area (Å²) in [6.45, 7) is 1.41. The molecule has 0 fully saturated rings. The maximum absolute atomic E-state index is 11.5. The van der Waals surface area contributed by atoms with Gasteiger partial charge in [0.1, 0.15) is 6.04 Å². The highest BCUT2D eigenvalue weighted by molar-refractivity contribution is 5.90. The van der Waals surface area contributed by atoms with E-state index < -0.39 is 18.0 Å². The summed E-state index contributed by atoms with van der Waals surface area (Å²) in [5.41, 5.74) is 0. The van der Waals surface area contributed by atoms with E-state index in [4.69, 9.17) is 5.11 Å². The number of nitrogens with zero attached hydrogens (tertiary/aromatic N) is 3. The number of urea groups is 1. The second kappa shape index (κ2) is 5.06. The summed E-state index contributed by atoms with van der Waals surface area (Å²) >= 11 is 0. The number of anilines is 1. The summed E-state index contributed by atoms with van der Waals surface area (Å²) in [6.07, 6.45) is 2.95. The van der Waals surface area contributed by atoms with Gasteiger partial charge in [-0.1, -0.05) is 0 Å². The number of amides is 2. The molecule has 1 atom stereocenters. The first-order chi connectivity index (χ1) is 7.52. The third-order valence-electron chi connectivity index (χ3n) is 2.04. The van der Waals surface area contributed by atoms with Crippen LogP contribution in [-0.2, 0) is 4.79 Å². The Balaban J connectivity index is 2.63. The van der Waals surface area contributed by atoms with Crippen molar-refractivity contribution in [3.8, 4) is 0 Å². The predicted octanol–water partition coefficient (Wildman–Crippen LogP) is 0.413. The Morgan fingerprint density at radius 1 is 1.44 bits per heavy atom. The Hall–Kier alpha value is -2.18. The van der Waals surface area contributed by atoms with Gasteiger partial charge >= 0.3 is 12.0 Å². The Morgan fingerprint density at radius 2 is 2.00 bits per heavy atom. The molecule has 0 spiro atoms. The molecule has 1 rings (SSSR count). The molecule has 1 aromatic rings. The van der Waals surface area contributed by atoms with E-state index >= 15 is 0 Å². The summed E-state index contributed by atoms with van der Waals surface area (Å²) in [6, 6.07) is 0.129. The Bertz CT molecular complexity index is 382. The summed E-state index contributed by atoms with van der Waals surface area (Å²) in [7, 11) is 1.39. The van der Waals surface area contributed by atoms with E-state index in [1.807, 2.05) is 0 Å². The van der Waals surface area contributed by atoms with Crippen LogP contribution in [0.1, 0.15) is 6.92 Å². The van der Waals surface area contributed by atoms with Gasteiger partial charge in [0, 0.05) is 19.4 Å². The van der Waals surface area contributed by atoms with Gasteiger partial charge in [-0.25, -0.2) is 19.6 Å². The molecule has 0 radical (unpaired) electrons. The topological polar surface area (TPSA) is 95.4 Å². The van der Waals surface area contributed by atoms with Gasteiger partial charge in [0.25, 0.3) is 0 Å². The van der Waals surface area contributed by atoms with E-state index in [9.17, 15) is 9.59 Å². The van der Waals surface area contributed by atoms with E-state index in [1.165, 1.54) is 26.4 Å².